The van der Waals surface area contributed by atoms with E-state index in [2.05, 4.69) is 6.07 Å². The van der Waals surface area contributed by atoms with Crippen molar-refractivity contribution < 1.29 is 4.79 Å². The predicted octanol–water partition coefficient (Wildman–Crippen LogP) is 3.10. The van der Waals surface area contributed by atoms with Gasteiger partial charge in [-0.05, 0) is 30.5 Å². The smallest absolute Gasteiger partial charge is 0.225 e. The van der Waals surface area contributed by atoms with Crippen molar-refractivity contribution in [3.8, 4) is 6.07 Å². The zero-order valence-corrected chi connectivity index (χ0v) is 11.4. The molecule has 0 atom stereocenters. The monoisotopic (exact) mass is 256 g/mol. The summed E-state index contributed by atoms with van der Waals surface area (Å²) in [4.78, 5) is 14.1. The van der Waals surface area contributed by atoms with Gasteiger partial charge in [0.1, 0.15) is 0 Å². The van der Waals surface area contributed by atoms with Crippen LogP contribution in [-0.2, 0) is 11.3 Å². The van der Waals surface area contributed by atoms with Gasteiger partial charge >= 0.3 is 0 Å². The summed E-state index contributed by atoms with van der Waals surface area (Å²) in [5.74, 6) is 0.458. The molecule has 2 rings (SSSR count). The molecule has 0 unspecified atom stereocenters. The molecule has 0 spiro atoms. The minimum absolute atomic E-state index is 0.206. The number of rotatable bonds is 3. The summed E-state index contributed by atoms with van der Waals surface area (Å²) in [6.45, 7) is 0.588. The largest absolute Gasteiger partial charge is 0.341 e. The molecule has 0 aromatic heterocycles. The van der Waals surface area contributed by atoms with Crippen molar-refractivity contribution >= 4 is 5.91 Å². The van der Waals surface area contributed by atoms with Gasteiger partial charge in [0.2, 0.25) is 5.91 Å². The summed E-state index contributed by atoms with van der Waals surface area (Å²) in [5.41, 5.74) is 1.67. The van der Waals surface area contributed by atoms with Crippen LogP contribution in [0.3, 0.4) is 0 Å². The molecule has 0 aliphatic heterocycles. The first-order valence-electron chi connectivity index (χ1n) is 6.94. The Morgan fingerprint density at radius 1 is 1.37 bits per heavy atom. The van der Waals surface area contributed by atoms with Crippen LogP contribution in [0.4, 0.5) is 0 Å². The van der Waals surface area contributed by atoms with Gasteiger partial charge in [0.25, 0.3) is 0 Å². The van der Waals surface area contributed by atoms with E-state index in [4.69, 9.17) is 5.26 Å². The number of carbonyl (C=O) groups excluding carboxylic acids is 1. The lowest BCUT2D eigenvalue weighted by atomic mass is 9.88. The van der Waals surface area contributed by atoms with Crippen LogP contribution >= 0.6 is 0 Å². The maximum Gasteiger partial charge on any atom is 0.225 e. The molecule has 0 heterocycles. The number of nitrogens with zero attached hydrogens (tertiary/aromatic N) is 2. The lowest BCUT2D eigenvalue weighted by Gasteiger charge is -2.26. The molecular formula is C16H20N2O. The first kappa shape index (κ1) is 13.6. The quantitative estimate of drug-likeness (QED) is 0.834. The Labute approximate surface area is 114 Å². The van der Waals surface area contributed by atoms with Gasteiger partial charge in [-0.15, -0.1) is 0 Å². The highest BCUT2D eigenvalue weighted by atomic mass is 16.2. The number of benzene rings is 1. The Bertz CT molecular complexity index is 484. The molecule has 1 aromatic rings. The Morgan fingerprint density at radius 2 is 2.11 bits per heavy atom. The van der Waals surface area contributed by atoms with Crippen LogP contribution in [0.2, 0.25) is 0 Å². The standard InChI is InChI=1S/C16H20N2O/c1-18(16(19)15-8-3-2-4-9-15)12-14-7-5-6-13(10-14)11-17/h5-7,10,15H,2-4,8-9,12H2,1H3. The van der Waals surface area contributed by atoms with E-state index in [0.29, 0.717) is 12.1 Å². The van der Waals surface area contributed by atoms with E-state index in [-0.39, 0.29) is 11.8 Å². The number of amides is 1. The van der Waals surface area contributed by atoms with Crippen LogP contribution in [0.1, 0.15) is 43.2 Å². The molecule has 1 aliphatic rings. The lowest BCUT2D eigenvalue weighted by molar-refractivity contribution is -0.135. The van der Waals surface area contributed by atoms with Gasteiger partial charge in [-0.3, -0.25) is 4.79 Å². The summed E-state index contributed by atoms with van der Waals surface area (Å²) in [6, 6.07) is 9.60. The van der Waals surface area contributed by atoms with Gasteiger partial charge in [-0.2, -0.15) is 5.26 Å². The summed E-state index contributed by atoms with van der Waals surface area (Å²) in [5, 5.41) is 8.88. The molecule has 1 amide bonds. The van der Waals surface area contributed by atoms with E-state index < -0.39 is 0 Å². The Kier molecular flexibility index (Phi) is 4.57. The predicted molar refractivity (Wildman–Crippen MR) is 74.2 cm³/mol. The molecule has 100 valence electrons. The third-order valence-electron chi connectivity index (χ3n) is 3.81. The second kappa shape index (κ2) is 6.38. The molecule has 3 heteroatoms. The van der Waals surface area contributed by atoms with E-state index in [1.165, 1.54) is 19.3 Å². The van der Waals surface area contributed by atoms with Crippen molar-refractivity contribution in [3.63, 3.8) is 0 Å². The molecule has 3 nitrogen and oxygen atoms in total. The fourth-order valence-electron chi connectivity index (χ4n) is 2.75. The third-order valence-corrected chi connectivity index (χ3v) is 3.81. The zero-order valence-electron chi connectivity index (χ0n) is 11.4. The maximum absolute atomic E-state index is 12.3. The van der Waals surface area contributed by atoms with E-state index in [1.54, 1.807) is 11.0 Å². The highest BCUT2D eigenvalue weighted by Gasteiger charge is 2.23. The number of nitriles is 1. The fraction of sp³-hybridized carbons (Fsp3) is 0.500. The van der Waals surface area contributed by atoms with Crippen LogP contribution in [0, 0.1) is 17.2 Å². The van der Waals surface area contributed by atoms with Gasteiger partial charge in [0.15, 0.2) is 0 Å². The van der Waals surface area contributed by atoms with Crippen molar-refractivity contribution in [3.05, 3.63) is 35.4 Å². The van der Waals surface area contributed by atoms with Crippen molar-refractivity contribution in [2.24, 2.45) is 5.92 Å². The van der Waals surface area contributed by atoms with Gasteiger partial charge in [0, 0.05) is 19.5 Å². The van der Waals surface area contributed by atoms with Crippen LogP contribution in [0.25, 0.3) is 0 Å². The van der Waals surface area contributed by atoms with E-state index in [0.717, 1.165) is 18.4 Å². The lowest BCUT2D eigenvalue weighted by Crippen LogP contribution is -2.33. The average molecular weight is 256 g/mol. The molecular weight excluding hydrogens is 236 g/mol. The minimum atomic E-state index is 0.206. The zero-order chi connectivity index (χ0) is 13.7. The molecule has 0 bridgehead atoms. The normalized spacial score (nSPS) is 15.8. The fourth-order valence-corrected chi connectivity index (χ4v) is 2.75. The molecule has 1 aromatic carbocycles. The Morgan fingerprint density at radius 3 is 2.79 bits per heavy atom. The summed E-state index contributed by atoms with van der Waals surface area (Å²) < 4.78 is 0. The summed E-state index contributed by atoms with van der Waals surface area (Å²) >= 11 is 0. The Balaban J connectivity index is 1.97. The summed E-state index contributed by atoms with van der Waals surface area (Å²) in [7, 11) is 1.86. The topological polar surface area (TPSA) is 44.1 Å². The van der Waals surface area contributed by atoms with Crippen molar-refractivity contribution in [1.82, 2.24) is 4.90 Å². The highest BCUT2D eigenvalue weighted by Crippen LogP contribution is 2.25. The van der Waals surface area contributed by atoms with E-state index in [9.17, 15) is 4.79 Å². The van der Waals surface area contributed by atoms with Crippen LogP contribution in [0.5, 0.6) is 0 Å². The first-order chi connectivity index (χ1) is 9.20. The van der Waals surface area contributed by atoms with E-state index >= 15 is 0 Å². The van der Waals surface area contributed by atoms with Crippen LogP contribution in [0.15, 0.2) is 24.3 Å². The molecule has 1 saturated carbocycles. The number of hydrogen-bond donors (Lipinski definition) is 0. The van der Waals surface area contributed by atoms with E-state index in [1.807, 2.05) is 25.2 Å². The molecule has 1 fully saturated rings. The van der Waals surface area contributed by atoms with Gasteiger partial charge in [0.05, 0.1) is 11.6 Å². The summed E-state index contributed by atoms with van der Waals surface area (Å²) in [6.07, 6.45) is 5.67. The maximum atomic E-state index is 12.3. The highest BCUT2D eigenvalue weighted by molar-refractivity contribution is 5.78. The minimum Gasteiger partial charge on any atom is -0.341 e. The molecule has 19 heavy (non-hydrogen) atoms. The van der Waals surface area contributed by atoms with Crippen molar-refractivity contribution in [2.45, 2.75) is 38.6 Å². The molecule has 1 aliphatic carbocycles. The van der Waals surface area contributed by atoms with Crippen molar-refractivity contribution in [2.75, 3.05) is 7.05 Å². The Hall–Kier alpha value is -1.82. The van der Waals surface area contributed by atoms with Gasteiger partial charge < -0.3 is 4.90 Å². The first-order valence-corrected chi connectivity index (χ1v) is 6.94. The van der Waals surface area contributed by atoms with Gasteiger partial charge in [-0.1, -0.05) is 31.4 Å². The average Bonchev–Trinajstić information content (AvgIpc) is 2.47. The van der Waals surface area contributed by atoms with Gasteiger partial charge in [-0.25, -0.2) is 0 Å². The molecule has 0 N–H and O–H groups in total. The number of carbonyl (C=O) groups is 1. The SMILES string of the molecule is CN(Cc1cccc(C#N)c1)C(=O)C1CCCCC1. The van der Waals surface area contributed by atoms with Crippen LogP contribution < -0.4 is 0 Å². The number of hydrogen-bond acceptors (Lipinski definition) is 2. The van der Waals surface area contributed by atoms with Crippen LogP contribution in [-0.4, -0.2) is 17.9 Å². The molecule has 0 saturated heterocycles. The second-order valence-corrected chi connectivity index (χ2v) is 5.34. The molecule has 0 radical (unpaired) electrons. The third kappa shape index (κ3) is 3.57. The van der Waals surface area contributed by atoms with Crippen molar-refractivity contribution in [1.29, 1.82) is 5.26 Å². The second-order valence-electron chi connectivity index (χ2n) is 5.34.